The molecule has 1 amide bonds. The number of para-hydroxylation sites is 1. The van der Waals surface area contributed by atoms with Gasteiger partial charge >= 0.3 is 0 Å². The lowest BCUT2D eigenvalue weighted by atomic mass is 9.91. The minimum atomic E-state index is -1.37. The van der Waals surface area contributed by atoms with Gasteiger partial charge in [0.05, 0.1) is 5.56 Å². The van der Waals surface area contributed by atoms with Crippen molar-refractivity contribution < 1.29 is 14.6 Å². The first-order valence-corrected chi connectivity index (χ1v) is 14.6. The maximum Gasteiger partial charge on any atom is 0.258 e. The largest absolute Gasteiger partial charge is 0.507 e. The first-order chi connectivity index (χ1) is 21.5. The molecule has 0 saturated carbocycles. The Kier molecular flexibility index (Phi) is 7.01. The molecule has 5 nitrogen and oxygen atoms in total. The molecular weight excluding hydrogens is 568 g/mol. The van der Waals surface area contributed by atoms with Crippen LogP contribution in [0.2, 0.25) is 5.02 Å². The lowest BCUT2D eigenvalue weighted by molar-refractivity contribution is 0.0308. The van der Waals surface area contributed by atoms with Crippen molar-refractivity contribution in [3.8, 4) is 16.9 Å². The van der Waals surface area contributed by atoms with Gasteiger partial charge in [0.1, 0.15) is 11.4 Å². The summed E-state index contributed by atoms with van der Waals surface area (Å²) in [4.78, 5) is 13.4. The molecule has 0 bridgehead atoms. The Morgan fingerprint density at radius 1 is 0.682 bits per heavy atom. The number of hydrogen-bond donors (Lipinski definition) is 3. The maximum absolute atomic E-state index is 13.4. The van der Waals surface area contributed by atoms with Crippen LogP contribution in [-0.2, 0) is 10.5 Å². The second kappa shape index (κ2) is 11.3. The summed E-state index contributed by atoms with van der Waals surface area (Å²) in [7, 11) is 0. The summed E-state index contributed by atoms with van der Waals surface area (Å²) in [5, 5.41) is 20.5. The quantitative estimate of drug-likeness (QED) is 0.181. The predicted molar refractivity (Wildman–Crippen MR) is 175 cm³/mol. The second-order valence-electron chi connectivity index (χ2n) is 10.6. The molecule has 0 aromatic heterocycles. The van der Waals surface area contributed by atoms with Crippen LogP contribution >= 0.6 is 11.6 Å². The number of benzene rings is 6. The van der Waals surface area contributed by atoms with Crippen LogP contribution in [0.4, 0.5) is 0 Å². The highest BCUT2D eigenvalue weighted by molar-refractivity contribution is 6.30. The smallest absolute Gasteiger partial charge is 0.258 e. The monoisotopic (exact) mass is 594 g/mol. The van der Waals surface area contributed by atoms with E-state index in [1.807, 2.05) is 60.7 Å². The van der Waals surface area contributed by atoms with Crippen LogP contribution in [0, 0.1) is 0 Å². The van der Waals surface area contributed by atoms with Gasteiger partial charge in [0.15, 0.2) is 0 Å². The van der Waals surface area contributed by atoms with Crippen LogP contribution in [0.3, 0.4) is 0 Å². The number of rotatable bonds is 6. The molecule has 0 saturated heterocycles. The summed E-state index contributed by atoms with van der Waals surface area (Å²) in [6, 6.07) is 45.9. The van der Waals surface area contributed by atoms with Crippen LogP contribution in [0.1, 0.15) is 27.0 Å². The van der Waals surface area contributed by atoms with E-state index in [0.29, 0.717) is 27.4 Å². The normalized spacial score (nSPS) is 15.9. The van der Waals surface area contributed by atoms with Crippen LogP contribution in [0.15, 0.2) is 151 Å². The third kappa shape index (κ3) is 5.04. The summed E-state index contributed by atoms with van der Waals surface area (Å²) in [5.74, 6) is -0.0793. The molecular formula is C38H27ClN2O3. The number of amides is 1. The van der Waals surface area contributed by atoms with Crippen LogP contribution in [-0.4, -0.2) is 11.0 Å². The number of halogens is 1. The van der Waals surface area contributed by atoms with E-state index >= 15 is 0 Å². The Balaban J connectivity index is 1.33. The summed E-state index contributed by atoms with van der Waals surface area (Å²) in [6.45, 7) is 0. The molecule has 1 heterocycles. The summed E-state index contributed by atoms with van der Waals surface area (Å²) in [6.07, 6.45) is 0. The molecule has 0 fully saturated rings. The molecule has 6 heteroatoms. The third-order valence-electron chi connectivity index (χ3n) is 7.82. The average Bonchev–Trinajstić information content (AvgIpc) is 3.45. The van der Waals surface area contributed by atoms with Crippen LogP contribution in [0.25, 0.3) is 27.6 Å². The molecule has 1 aliphatic rings. The molecule has 0 radical (unpaired) electrons. The molecule has 214 valence electrons. The Morgan fingerprint density at radius 3 is 2.16 bits per heavy atom. The first-order valence-electron chi connectivity index (χ1n) is 14.2. The number of hydrogen-bond acceptors (Lipinski definition) is 4. The van der Waals surface area contributed by atoms with Gasteiger partial charge in [-0.25, -0.2) is 0 Å². The zero-order chi connectivity index (χ0) is 30.1. The average molecular weight is 595 g/mol. The van der Waals surface area contributed by atoms with Gasteiger partial charge in [-0.15, -0.1) is 0 Å². The van der Waals surface area contributed by atoms with Gasteiger partial charge in [0.2, 0.25) is 11.6 Å². The van der Waals surface area contributed by atoms with Crippen molar-refractivity contribution in [2.24, 2.45) is 0 Å². The topological polar surface area (TPSA) is 70.6 Å². The van der Waals surface area contributed by atoms with Crippen molar-refractivity contribution in [1.29, 1.82) is 0 Å². The lowest BCUT2D eigenvalue weighted by Crippen LogP contribution is -2.40. The molecule has 0 aliphatic carbocycles. The van der Waals surface area contributed by atoms with Gasteiger partial charge in [0.25, 0.3) is 5.91 Å². The Labute approximate surface area is 260 Å². The number of phenols is 1. The van der Waals surface area contributed by atoms with Gasteiger partial charge in [-0.3, -0.25) is 10.1 Å². The molecule has 1 unspecified atom stereocenters. The van der Waals surface area contributed by atoms with Gasteiger partial charge in [-0.1, -0.05) is 115 Å². The van der Waals surface area contributed by atoms with Crippen molar-refractivity contribution in [1.82, 2.24) is 10.6 Å². The minimum Gasteiger partial charge on any atom is -0.507 e. The molecule has 7 rings (SSSR count). The van der Waals surface area contributed by atoms with Crippen molar-refractivity contribution in [3.05, 3.63) is 179 Å². The Morgan fingerprint density at radius 2 is 1.39 bits per heavy atom. The van der Waals surface area contributed by atoms with Crippen molar-refractivity contribution in [3.63, 3.8) is 0 Å². The first kappa shape index (κ1) is 27.3. The Bertz CT molecular complexity index is 2040. The fraction of sp³-hybridized carbons (Fsp3) is 0.0263. The number of nitrogens with one attached hydrogen (secondary N) is 2. The van der Waals surface area contributed by atoms with Crippen LogP contribution in [0.5, 0.6) is 5.75 Å². The van der Waals surface area contributed by atoms with E-state index in [0.717, 1.165) is 22.1 Å². The van der Waals surface area contributed by atoms with Crippen molar-refractivity contribution in [2.75, 3.05) is 0 Å². The molecule has 6 aromatic rings. The number of phenolic OH excluding ortho intramolecular Hbond substituents is 1. The molecule has 6 aromatic carbocycles. The molecule has 0 spiro atoms. The van der Waals surface area contributed by atoms with Gasteiger partial charge < -0.3 is 15.2 Å². The van der Waals surface area contributed by atoms with E-state index in [1.54, 1.807) is 54.6 Å². The highest BCUT2D eigenvalue weighted by Crippen LogP contribution is 2.45. The molecule has 3 N–H and O–H groups in total. The standard InChI is InChI=1S/C38H27ClN2O3/c39-32-14-8-13-30(24-32)35-37(40-36(43)27-10-2-1-3-11-27)44-38(41-35,33-15-6-7-16-34(33)42)31-21-19-26(20-22-31)29-18-17-25-9-4-5-12-28(25)23-29/h1-24,41-42H,(H,40,43). The number of carbonyl (C=O) groups is 1. The summed E-state index contributed by atoms with van der Waals surface area (Å²) >= 11 is 6.40. The highest BCUT2D eigenvalue weighted by Gasteiger charge is 2.46. The van der Waals surface area contributed by atoms with E-state index in [-0.39, 0.29) is 17.5 Å². The lowest BCUT2D eigenvalue weighted by Gasteiger charge is -2.32. The fourth-order valence-electron chi connectivity index (χ4n) is 5.61. The van der Waals surface area contributed by atoms with E-state index in [9.17, 15) is 9.90 Å². The Hall–Kier alpha value is -5.52. The SMILES string of the molecule is O=C(NC1=C(c2cccc(Cl)c2)NC(c2ccc(-c3ccc4ccccc4c3)cc2)(c2ccccc2O)O1)c1ccccc1. The minimum absolute atomic E-state index is 0.0414. The molecule has 1 aliphatic heterocycles. The number of fused-ring (bicyclic) bond motifs is 1. The summed E-state index contributed by atoms with van der Waals surface area (Å²) < 4.78 is 6.74. The van der Waals surface area contributed by atoms with Gasteiger partial charge in [-0.05, 0) is 64.4 Å². The van der Waals surface area contributed by atoms with E-state index < -0.39 is 5.72 Å². The van der Waals surface area contributed by atoms with Gasteiger partial charge in [-0.2, -0.15) is 0 Å². The zero-order valence-corrected chi connectivity index (χ0v) is 24.3. The fourth-order valence-corrected chi connectivity index (χ4v) is 5.80. The number of aromatic hydroxyl groups is 1. The number of ether oxygens (including phenoxy) is 1. The second-order valence-corrected chi connectivity index (χ2v) is 11.0. The van der Waals surface area contributed by atoms with Crippen molar-refractivity contribution >= 4 is 34.0 Å². The summed E-state index contributed by atoms with van der Waals surface area (Å²) in [5.41, 5.74) is 3.68. The molecule has 44 heavy (non-hydrogen) atoms. The zero-order valence-electron chi connectivity index (χ0n) is 23.5. The number of carbonyl (C=O) groups excluding carboxylic acids is 1. The van der Waals surface area contributed by atoms with E-state index in [4.69, 9.17) is 16.3 Å². The molecule has 1 atom stereocenters. The predicted octanol–water partition coefficient (Wildman–Crippen LogP) is 8.44. The van der Waals surface area contributed by atoms with Crippen LogP contribution < -0.4 is 10.6 Å². The highest BCUT2D eigenvalue weighted by atomic mass is 35.5. The van der Waals surface area contributed by atoms with E-state index in [2.05, 4.69) is 41.0 Å². The van der Waals surface area contributed by atoms with E-state index in [1.165, 1.54) is 5.39 Å². The van der Waals surface area contributed by atoms with Gasteiger partial charge in [0, 0.05) is 21.7 Å². The maximum atomic E-state index is 13.4. The third-order valence-corrected chi connectivity index (χ3v) is 8.05. The van der Waals surface area contributed by atoms with Crippen molar-refractivity contribution in [2.45, 2.75) is 5.72 Å².